The van der Waals surface area contributed by atoms with Crippen LogP contribution < -0.4 is 9.64 Å². The van der Waals surface area contributed by atoms with E-state index >= 15 is 0 Å². The fourth-order valence-corrected chi connectivity index (χ4v) is 5.80. The minimum Gasteiger partial charge on any atom is -0.444 e. The fourth-order valence-electron chi connectivity index (χ4n) is 3.90. The number of hydrogen-bond acceptors (Lipinski definition) is 5. The second-order valence-corrected chi connectivity index (χ2v) is 10.1. The van der Waals surface area contributed by atoms with Crippen LogP contribution in [0.15, 0.2) is 51.8 Å². The third-order valence-electron chi connectivity index (χ3n) is 5.34. The molecule has 2 heterocycles. The highest BCUT2D eigenvalue weighted by molar-refractivity contribution is 9.10. The van der Waals surface area contributed by atoms with Gasteiger partial charge in [-0.25, -0.2) is 13.2 Å². The van der Waals surface area contributed by atoms with Crippen LogP contribution in [-0.4, -0.2) is 44.3 Å². The Morgan fingerprint density at radius 3 is 2.47 bits per heavy atom. The molecule has 1 saturated heterocycles. The molecule has 0 spiro atoms. The summed E-state index contributed by atoms with van der Waals surface area (Å²) in [5, 5.41) is 0. The summed E-state index contributed by atoms with van der Waals surface area (Å²) >= 11 is 3.03. The molecular weight excluding hydrogens is 517 g/mol. The van der Waals surface area contributed by atoms with Gasteiger partial charge in [-0.3, -0.25) is 4.90 Å². The molecule has 0 saturated carbocycles. The number of cyclic esters (lactones) is 1. The summed E-state index contributed by atoms with van der Waals surface area (Å²) in [6.07, 6.45) is -4.94. The van der Waals surface area contributed by atoms with Crippen LogP contribution in [0.2, 0.25) is 0 Å². The van der Waals surface area contributed by atoms with E-state index in [0.717, 1.165) is 27.7 Å². The highest BCUT2D eigenvalue weighted by Crippen LogP contribution is 2.36. The fraction of sp³-hybridized carbons (Fsp3) is 0.350. The molecule has 1 amide bonds. The maximum atomic E-state index is 13.1. The van der Waals surface area contributed by atoms with Crippen LogP contribution in [0, 0.1) is 0 Å². The predicted octanol–water partition coefficient (Wildman–Crippen LogP) is 4.66. The van der Waals surface area contributed by atoms with Crippen LogP contribution in [0.5, 0.6) is 5.75 Å². The molecule has 0 aliphatic carbocycles. The van der Waals surface area contributed by atoms with Crippen LogP contribution in [0.4, 0.5) is 23.7 Å². The Morgan fingerprint density at radius 1 is 1.09 bits per heavy atom. The van der Waals surface area contributed by atoms with Gasteiger partial charge in [-0.15, -0.1) is 13.2 Å². The van der Waals surface area contributed by atoms with E-state index in [1.165, 1.54) is 11.0 Å². The first kappa shape index (κ1) is 22.9. The number of fused-ring (bicyclic) bond motifs is 1. The number of benzene rings is 2. The number of para-hydroxylation sites is 1. The highest BCUT2D eigenvalue weighted by Gasteiger charge is 2.39. The number of nitrogens with zero attached hydrogens (tertiary/aromatic N) is 2. The number of carbonyl (C=O) groups excluding carboxylic acids is 1. The lowest BCUT2D eigenvalue weighted by molar-refractivity contribution is -0.275. The van der Waals surface area contributed by atoms with Crippen molar-refractivity contribution in [2.24, 2.45) is 0 Å². The molecule has 12 heteroatoms. The molecule has 0 aromatic heterocycles. The molecule has 0 atom stereocenters. The summed E-state index contributed by atoms with van der Waals surface area (Å²) in [4.78, 5) is 13.4. The molecule has 172 valence electrons. The van der Waals surface area contributed by atoms with Crippen molar-refractivity contribution in [3.63, 3.8) is 0 Å². The SMILES string of the molecule is O=C1OCc2ccccc2N1C1CCN(S(=O)(=O)c2ccc(Br)cc2OC(F)(F)F)CC1. The molecule has 2 aliphatic heterocycles. The largest absolute Gasteiger partial charge is 0.573 e. The average molecular weight is 535 g/mol. The van der Waals surface area contributed by atoms with Crippen LogP contribution >= 0.6 is 15.9 Å². The van der Waals surface area contributed by atoms with E-state index < -0.39 is 33.1 Å². The Balaban J connectivity index is 1.55. The minimum absolute atomic E-state index is 0.0282. The van der Waals surface area contributed by atoms with Gasteiger partial charge in [0.15, 0.2) is 5.75 Å². The second kappa shape index (κ2) is 8.56. The lowest BCUT2D eigenvalue weighted by atomic mass is 10.0. The number of amides is 1. The molecule has 0 N–H and O–H groups in total. The summed E-state index contributed by atoms with van der Waals surface area (Å²) in [6, 6.07) is 10.4. The molecule has 1 fully saturated rings. The molecule has 32 heavy (non-hydrogen) atoms. The van der Waals surface area contributed by atoms with Crippen molar-refractivity contribution in [2.75, 3.05) is 18.0 Å². The van der Waals surface area contributed by atoms with Crippen molar-refractivity contribution >= 4 is 37.7 Å². The van der Waals surface area contributed by atoms with Crippen molar-refractivity contribution in [3.05, 3.63) is 52.5 Å². The molecule has 4 rings (SSSR count). The van der Waals surface area contributed by atoms with Gasteiger partial charge in [0.25, 0.3) is 0 Å². The number of anilines is 1. The minimum atomic E-state index is -5.04. The van der Waals surface area contributed by atoms with Crippen LogP contribution in [0.1, 0.15) is 18.4 Å². The third-order valence-corrected chi connectivity index (χ3v) is 7.77. The summed E-state index contributed by atoms with van der Waals surface area (Å²) < 4.78 is 75.2. The number of sulfonamides is 1. The van der Waals surface area contributed by atoms with E-state index in [0.29, 0.717) is 12.8 Å². The van der Waals surface area contributed by atoms with Crippen LogP contribution in [-0.2, 0) is 21.4 Å². The molecule has 2 aliphatic rings. The number of carbonyl (C=O) groups is 1. The van der Waals surface area contributed by atoms with Gasteiger partial charge >= 0.3 is 12.5 Å². The Bertz CT molecular complexity index is 1130. The van der Waals surface area contributed by atoms with E-state index in [4.69, 9.17) is 4.74 Å². The first-order valence-corrected chi connectivity index (χ1v) is 11.9. The van der Waals surface area contributed by atoms with E-state index in [9.17, 15) is 26.4 Å². The number of piperidine rings is 1. The number of rotatable bonds is 4. The van der Waals surface area contributed by atoms with Gasteiger partial charge in [0.2, 0.25) is 10.0 Å². The summed E-state index contributed by atoms with van der Waals surface area (Å²) in [6.45, 7) is 0.227. The Kier molecular flexibility index (Phi) is 6.12. The maximum Gasteiger partial charge on any atom is 0.573 e. The van der Waals surface area contributed by atoms with Gasteiger partial charge in [-0.2, -0.15) is 4.31 Å². The summed E-state index contributed by atoms with van der Waals surface area (Å²) in [7, 11) is -4.26. The van der Waals surface area contributed by atoms with E-state index in [1.807, 2.05) is 12.1 Å². The zero-order chi connectivity index (χ0) is 23.1. The standard InChI is InChI=1S/C20H18BrF3N2O5S/c21-14-5-6-18(17(11-14)31-20(22,23)24)32(28,29)25-9-7-15(8-10-25)26-16-4-2-1-3-13(16)12-30-19(26)27/h1-6,11,15H,7-10,12H2. The molecular formula is C20H18BrF3N2O5S. The van der Waals surface area contributed by atoms with Gasteiger partial charge in [0.1, 0.15) is 11.5 Å². The van der Waals surface area contributed by atoms with E-state index in [2.05, 4.69) is 20.7 Å². The zero-order valence-electron chi connectivity index (χ0n) is 16.5. The lowest BCUT2D eigenvalue weighted by Crippen LogP contribution is -2.50. The van der Waals surface area contributed by atoms with Crippen molar-refractivity contribution < 1.29 is 35.9 Å². The number of halogens is 4. The second-order valence-electron chi connectivity index (χ2n) is 7.33. The molecule has 0 unspecified atom stereocenters. The van der Waals surface area contributed by atoms with Gasteiger partial charge in [0.05, 0.1) is 5.69 Å². The van der Waals surface area contributed by atoms with Gasteiger partial charge in [0, 0.05) is 29.2 Å². The lowest BCUT2D eigenvalue weighted by Gasteiger charge is -2.39. The third kappa shape index (κ3) is 4.57. The van der Waals surface area contributed by atoms with Crippen LogP contribution in [0.3, 0.4) is 0 Å². The smallest absolute Gasteiger partial charge is 0.444 e. The Labute approximate surface area is 190 Å². The van der Waals surface area contributed by atoms with Crippen molar-refractivity contribution in [1.29, 1.82) is 0 Å². The Hall–Kier alpha value is -2.31. The molecule has 2 aromatic rings. The van der Waals surface area contributed by atoms with Gasteiger partial charge in [-0.05, 0) is 37.1 Å². The molecule has 2 aromatic carbocycles. The normalized spacial score (nSPS) is 18.2. The van der Waals surface area contributed by atoms with Gasteiger partial charge < -0.3 is 9.47 Å². The van der Waals surface area contributed by atoms with Crippen molar-refractivity contribution in [1.82, 2.24) is 4.31 Å². The average Bonchev–Trinajstić information content (AvgIpc) is 2.72. The summed E-state index contributed by atoms with van der Waals surface area (Å²) in [5.41, 5.74) is 1.57. The monoisotopic (exact) mass is 534 g/mol. The first-order valence-electron chi connectivity index (χ1n) is 9.65. The zero-order valence-corrected chi connectivity index (χ0v) is 18.9. The van der Waals surface area contributed by atoms with Crippen LogP contribution in [0.25, 0.3) is 0 Å². The van der Waals surface area contributed by atoms with Crippen molar-refractivity contribution in [3.8, 4) is 5.75 Å². The Morgan fingerprint density at radius 2 is 1.78 bits per heavy atom. The topological polar surface area (TPSA) is 76.2 Å². The van der Waals surface area contributed by atoms with Crippen molar-refractivity contribution in [2.45, 2.75) is 36.7 Å². The molecule has 7 nitrogen and oxygen atoms in total. The maximum absolute atomic E-state index is 13.1. The first-order chi connectivity index (χ1) is 15.1. The summed E-state index contributed by atoms with van der Waals surface area (Å²) in [5.74, 6) is -0.803. The van der Waals surface area contributed by atoms with E-state index in [1.54, 1.807) is 12.1 Å². The quantitative estimate of drug-likeness (QED) is 0.570. The molecule has 0 radical (unpaired) electrons. The number of hydrogen-bond donors (Lipinski definition) is 0. The number of ether oxygens (including phenoxy) is 2. The predicted molar refractivity (Wildman–Crippen MR) is 112 cm³/mol. The van der Waals surface area contributed by atoms with E-state index in [-0.39, 0.29) is 30.2 Å². The van der Waals surface area contributed by atoms with Gasteiger partial charge in [-0.1, -0.05) is 34.1 Å². The molecule has 0 bridgehead atoms. The highest BCUT2D eigenvalue weighted by atomic mass is 79.9. The number of alkyl halides is 3.